The van der Waals surface area contributed by atoms with Gasteiger partial charge in [-0.25, -0.2) is 0 Å². The molecule has 0 heterocycles. The van der Waals surface area contributed by atoms with E-state index in [1.54, 1.807) is 0 Å². The summed E-state index contributed by atoms with van der Waals surface area (Å²) in [7, 11) is 0. The van der Waals surface area contributed by atoms with Gasteiger partial charge in [-0.3, -0.25) is 0 Å². The second kappa shape index (κ2) is 8.43. The van der Waals surface area contributed by atoms with Gasteiger partial charge in [0.25, 0.3) is 0 Å². The molecule has 0 N–H and O–H groups in total. The molecule has 0 saturated heterocycles. The highest BCUT2D eigenvalue weighted by atomic mass is 16.5. The third kappa shape index (κ3) is 4.14. The van der Waals surface area contributed by atoms with Crippen molar-refractivity contribution in [2.75, 3.05) is 0 Å². The topological polar surface area (TPSA) is 9.23 Å². The van der Waals surface area contributed by atoms with Gasteiger partial charge in [0.05, 0.1) is 0 Å². The van der Waals surface area contributed by atoms with Crippen molar-refractivity contribution in [2.45, 2.75) is 38.5 Å². The van der Waals surface area contributed by atoms with Crippen LogP contribution in [-0.2, 0) is 10.8 Å². The highest BCUT2D eigenvalue weighted by Gasteiger charge is 2.35. The summed E-state index contributed by atoms with van der Waals surface area (Å²) < 4.78 is 6.49. The van der Waals surface area contributed by atoms with E-state index in [0.717, 1.165) is 11.5 Å². The molecule has 1 heteroatoms. The summed E-state index contributed by atoms with van der Waals surface area (Å²) in [5.74, 6) is 1.75. The Balaban J connectivity index is 1.94. The average molecular weight is 407 g/mol. The molecule has 1 nitrogen and oxygen atoms in total. The van der Waals surface area contributed by atoms with Gasteiger partial charge in [-0.1, -0.05) is 119 Å². The van der Waals surface area contributed by atoms with Crippen LogP contribution in [0.3, 0.4) is 0 Å². The molecular weight excluding hydrogens is 376 g/mol. The van der Waals surface area contributed by atoms with Gasteiger partial charge >= 0.3 is 0 Å². The van der Waals surface area contributed by atoms with Crippen molar-refractivity contribution in [3.8, 4) is 11.5 Å². The molecule has 0 fully saturated rings. The summed E-state index contributed by atoms with van der Waals surface area (Å²) in [6.07, 6.45) is 0. The minimum Gasteiger partial charge on any atom is -0.457 e. The molecule has 0 aliphatic rings. The Kier molecular flexibility index (Phi) is 5.69. The van der Waals surface area contributed by atoms with Crippen molar-refractivity contribution in [1.82, 2.24) is 0 Å². The summed E-state index contributed by atoms with van der Waals surface area (Å²) in [6.45, 7) is 9.18. The lowest BCUT2D eigenvalue weighted by atomic mass is 9.68. The van der Waals surface area contributed by atoms with Crippen LogP contribution in [0.5, 0.6) is 11.5 Å². The summed E-state index contributed by atoms with van der Waals surface area (Å²) >= 11 is 0. The molecule has 4 aromatic rings. The standard InChI is InChI=1S/C30H30O/c1-29(2,23-15-8-5-9-16-23)26-21-14-22-27(31-25-19-12-7-13-20-25)28(26)30(3,4)24-17-10-6-11-18-24/h5-22H,1-4H3. The van der Waals surface area contributed by atoms with E-state index in [1.165, 1.54) is 22.3 Å². The Hall–Kier alpha value is -3.32. The first-order valence-electron chi connectivity index (χ1n) is 10.9. The molecule has 0 radical (unpaired) electrons. The summed E-state index contributed by atoms with van der Waals surface area (Å²) in [5, 5.41) is 0. The molecule has 156 valence electrons. The van der Waals surface area contributed by atoms with Crippen LogP contribution in [0.25, 0.3) is 0 Å². The maximum atomic E-state index is 6.49. The number of hydrogen-bond donors (Lipinski definition) is 0. The van der Waals surface area contributed by atoms with Crippen LogP contribution in [0, 0.1) is 0 Å². The highest BCUT2D eigenvalue weighted by Crippen LogP contribution is 2.46. The van der Waals surface area contributed by atoms with Crippen molar-refractivity contribution in [3.05, 3.63) is 131 Å². The maximum Gasteiger partial charge on any atom is 0.131 e. The molecule has 0 amide bonds. The molecule has 0 saturated carbocycles. The molecule has 0 aliphatic carbocycles. The second-order valence-corrected chi connectivity index (χ2v) is 9.08. The van der Waals surface area contributed by atoms with Gasteiger partial charge in [0.1, 0.15) is 11.5 Å². The minimum absolute atomic E-state index is 0.182. The van der Waals surface area contributed by atoms with Crippen molar-refractivity contribution in [2.24, 2.45) is 0 Å². The van der Waals surface area contributed by atoms with Gasteiger partial charge in [-0.2, -0.15) is 0 Å². The van der Waals surface area contributed by atoms with Crippen LogP contribution in [0.1, 0.15) is 49.9 Å². The van der Waals surface area contributed by atoms with Crippen molar-refractivity contribution in [1.29, 1.82) is 0 Å². The van der Waals surface area contributed by atoms with Crippen LogP contribution in [-0.4, -0.2) is 0 Å². The Morgan fingerprint density at radius 3 is 1.52 bits per heavy atom. The fourth-order valence-electron chi connectivity index (χ4n) is 4.41. The summed E-state index contributed by atoms with van der Waals surface area (Å²) in [6, 6.07) is 37.9. The lowest BCUT2D eigenvalue weighted by Gasteiger charge is -2.36. The van der Waals surface area contributed by atoms with E-state index in [0.29, 0.717) is 0 Å². The number of benzene rings is 4. The first-order valence-corrected chi connectivity index (χ1v) is 10.9. The van der Waals surface area contributed by atoms with Gasteiger partial charge in [0.2, 0.25) is 0 Å². The third-order valence-corrected chi connectivity index (χ3v) is 6.29. The Labute approximate surface area is 186 Å². The molecule has 0 bridgehead atoms. The molecule has 0 aromatic heterocycles. The monoisotopic (exact) mass is 406 g/mol. The number of hydrogen-bond acceptors (Lipinski definition) is 1. The number of para-hydroxylation sites is 1. The Morgan fingerprint density at radius 2 is 0.968 bits per heavy atom. The number of ether oxygens (including phenoxy) is 1. The van der Waals surface area contributed by atoms with Crippen molar-refractivity contribution in [3.63, 3.8) is 0 Å². The van der Waals surface area contributed by atoms with Crippen LogP contribution in [0.4, 0.5) is 0 Å². The maximum absolute atomic E-state index is 6.49. The van der Waals surface area contributed by atoms with Crippen LogP contribution >= 0.6 is 0 Å². The van der Waals surface area contributed by atoms with Gasteiger partial charge in [-0.05, 0) is 34.9 Å². The van der Waals surface area contributed by atoms with Gasteiger partial charge in [-0.15, -0.1) is 0 Å². The molecular formula is C30H30O. The largest absolute Gasteiger partial charge is 0.457 e. The first kappa shape index (κ1) is 20.9. The van der Waals surface area contributed by atoms with Crippen molar-refractivity contribution >= 4 is 0 Å². The smallest absolute Gasteiger partial charge is 0.131 e. The zero-order chi connectivity index (χ0) is 21.9. The van der Waals surface area contributed by atoms with E-state index < -0.39 is 0 Å². The van der Waals surface area contributed by atoms with E-state index >= 15 is 0 Å². The fourth-order valence-corrected chi connectivity index (χ4v) is 4.41. The highest BCUT2D eigenvalue weighted by molar-refractivity contribution is 5.56. The quantitative estimate of drug-likeness (QED) is 0.314. The van der Waals surface area contributed by atoms with E-state index in [4.69, 9.17) is 4.74 Å². The van der Waals surface area contributed by atoms with Gasteiger partial charge < -0.3 is 4.74 Å². The normalized spacial score (nSPS) is 11.9. The van der Waals surface area contributed by atoms with Gasteiger partial charge in [0, 0.05) is 16.4 Å². The van der Waals surface area contributed by atoms with E-state index in [-0.39, 0.29) is 10.8 Å². The zero-order valence-corrected chi connectivity index (χ0v) is 18.8. The third-order valence-electron chi connectivity index (χ3n) is 6.29. The molecule has 0 atom stereocenters. The van der Waals surface area contributed by atoms with E-state index in [9.17, 15) is 0 Å². The van der Waals surface area contributed by atoms with Crippen LogP contribution < -0.4 is 4.74 Å². The second-order valence-electron chi connectivity index (χ2n) is 9.08. The van der Waals surface area contributed by atoms with Crippen LogP contribution in [0.15, 0.2) is 109 Å². The van der Waals surface area contributed by atoms with Crippen molar-refractivity contribution < 1.29 is 4.74 Å². The lowest BCUT2D eigenvalue weighted by molar-refractivity contribution is 0.454. The predicted molar refractivity (Wildman–Crippen MR) is 130 cm³/mol. The molecule has 0 spiro atoms. The molecule has 4 rings (SSSR count). The summed E-state index contributed by atoms with van der Waals surface area (Å²) in [4.78, 5) is 0. The van der Waals surface area contributed by atoms with E-state index in [2.05, 4.69) is 107 Å². The molecule has 31 heavy (non-hydrogen) atoms. The molecule has 0 unspecified atom stereocenters. The SMILES string of the molecule is CC(C)(c1ccccc1)c1cccc(Oc2ccccc2)c1C(C)(C)c1ccccc1. The van der Waals surface area contributed by atoms with E-state index in [1.807, 2.05) is 30.3 Å². The average Bonchev–Trinajstić information content (AvgIpc) is 2.80. The van der Waals surface area contributed by atoms with Crippen LogP contribution in [0.2, 0.25) is 0 Å². The Morgan fingerprint density at radius 1 is 0.484 bits per heavy atom. The number of rotatable bonds is 6. The van der Waals surface area contributed by atoms with Gasteiger partial charge in [0.15, 0.2) is 0 Å². The lowest BCUT2D eigenvalue weighted by Crippen LogP contribution is -2.28. The minimum atomic E-state index is -0.242. The Bertz CT molecular complexity index is 1130. The fraction of sp³-hybridized carbons (Fsp3) is 0.200. The summed E-state index contributed by atoms with van der Waals surface area (Å²) in [5.41, 5.74) is 4.63. The molecule has 0 aliphatic heterocycles. The first-order chi connectivity index (χ1) is 14.9. The zero-order valence-electron chi connectivity index (χ0n) is 18.8. The molecule has 4 aromatic carbocycles. The predicted octanol–water partition coefficient (Wildman–Crippen LogP) is 8.13.